The fourth-order valence-corrected chi connectivity index (χ4v) is 2.19. The lowest BCUT2D eigenvalue weighted by atomic mass is 9.90. The van der Waals surface area contributed by atoms with Gasteiger partial charge in [0.25, 0.3) is 0 Å². The predicted molar refractivity (Wildman–Crippen MR) is 69.8 cm³/mol. The van der Waals surface area contributed by atoms with Crippen LogP contribution in [0.25, 0.3) is 0 Å². The van der Waals surface area contributed by atoms with Gasteiger partial charge in [0, 0.05) is 18.2 Å². The largest absolute Gasteiger partial charge is 0.326 e. The van der Waals surface area contributed by atoms with Crippen molar-refractivity contribution in [2.24, 2.45) is 11.7 Å². The number of aryl methyl sites for hydroxylation is 1. The van der Waals surface area contributed by atoms with E-state index in [-0.39, 0.29) is 11.9 Å². The van der Waals surface area contributed by atoms with Gasteiger partial charge in [-0.3, -0.25) is 4.79 Å². The zero-order valence-electron chi connectivity index (χ0n) is 10.5. The number of rotatable bonds is 3. The van der Waals surface area contributed by atoms with Crippen LogP contribution < -0.4 is 11.1 Å². The highest BCUT2D eigenvalue weighted by atomic mass is 16.1. The highest BCUT2D eigenvalue weighted by molar-refractivity contribution is 5.93. The molecule has 1 aromatic rings. The van der Waals surface area contributed by atoms with Crippen molar-refractivity contribution < 1.29 is 4.79 Å². The minimum Gasteiger partial charge on any atom is -0.326 e. The fourth-order valence-electron chi connectivity index (χ4n) is 2.19. The molecule has 3 heteroatoms. The van der Waals surface area contributed by atoms with E-state index in [1.165, 1.54) is 11.1 Å². The summed E-state index contributed by atoms with van der Waals surface area (Å²) in [5.41, 5.74) is 9.55. The molecule has 2 unspecified atom stereocenters. The summed E-state index contributed by atoms with van der Waals surface area (Å²) in [4.78, 5) is 11.3. The summed E-state index contributed by atoms with van der Waals surface area (Å²) in [5, 5.41) is 2.89. The molecule has 1 heterocycles. The van der Waals surface area contributed by atoms with Gasteiger partial charge in [0.05, 0.1) is 0 Å². The van der Waals surface area contributed by atoms with Crippen molar-refractivity contribution in [3.8, 4) is 0 Å². The molecule has 3 N–H and O–H groups in total. The molecule has 1 aliphatic heterocycles. The lowest BCUT2D eigenvalue weighted by Gasteiger charge is -2.22. The SMILES string of the molecule is CCC(C)C(N)c1ccc2c(c1)CCC(=O)N2. The van der Waals surface area contributed by atoms with Gasteiger partial charge in [0.15, 0.2) is 0 Å². The van der Waals surface area contributed by atoms with Gasteiger partial charge in [-0.15, -0.1) is 0 Å². The van der Waals surface area contributed by atoms with Crippen molar-refractivity contribution in [1.82, 2.24) is 0 Å². The zero-order valence-corrected chi connectivity index (χ0v) is 10.5. The van der Waals surface area contributed by atoms with Gasteiger partial charge in [-0.2, -0.15) is 0 Å². The Morgan fingerprint density at radius 3 is 2.88 bits per heavy atom. The first-order valence-corrected chi connectivity index (χ1v) is 6.30. The maximum Gasteiger partial charge on any atom is 0.224 e. The number of amides is 1. The average molecular weight is 232 g/mol. The second kappa shape index (κ2) is 4.88. The van der Waals surface area contributed by atoms with Crippen molar-refractivity contribution >= 4 is 11.6 Å². The van der Waals surface area contributed by atoms with Crippen molar-refractivity contribution in [2.75, 3.05) is 5.32 Å². The van der Waals surface area contributed by atoms with E-state index < -0.39 is 0 Å². The Hall–Kier alpha value is -1.35. The van der Waals surface area contributed by atoms with Gasteiger partial charge in [-0.05, 0) is 29.5 Å². The summed E-state index contributed by atoms with van der Waals surface area (Å²) in [6.07, 6.45) is 2.48. The average Bonchev–Trinajstić information content (AvgIpc) is 2.36. The molecule has 92 valence electrons. The van der Waals surface area contributed by atoms with E-state index in [0.717, 1.165) is 18.5 Å². The molecular formula is C14H20N2O. The van der Waals surface area contributed by atoms with Gasteiger partial charge in [0.1, 0.15) is 0 Å². The maximum atomic E-state index is 11.3. The molecule has 0 radical (unpaired) electrons. The van der Waals surface area contributed by atoms with E-state index in [1.807, 2.05) is 12.1 Å². The Balaban J connectivity index is 2.24. The number of carbonyl (C=O) groups is 1. The molecule has 0 aromatic heterocycles. The molecule has 0 saturated heterocycles. The Morgan fingerprint density at radius 1 is 1.41 bits per heavy atom. The second-order valence-corrected chi connectivity index (χ2v) is 4.88. The Kier molecular flexibility index (Phi) is 3.48. The summed E-state index contributed by atoms with van der Waals surface area (Å²) in [6.45, 7) is 4.33. The van der Waals surface area contributed by atoms with Gasteiger partial charge in [-0.25, -0.2) is 0 Å². The van der Waals surface area contributed by atoms with Gasteiger partial charge in [-0.1, -0.05) is 32.4 Å². The standard InChI is InChI=1S/C14H20N2O/c1-3-9(2)14(15)11-4-6-12-10(8-11)5-7-13(17)16-12/h4,6,8-9,14H,3,5,7,15H2,1-2H3,(H,16,17). The van der Waals surface area contributed by atoms with Gasteiger partial charge in [0.2, 0.25) is 5.91 Å². The number of benzene rings is 1. The summed E-state index contributed by atoms with van der Waals surface area (Å²) in [7, 11) is 0. The summed E-state index contributed by atoms with van der Waals surface area (Å²) >= 11 is 0. The van der Waals surface area contributed by atoms with Crippen LogP contribution in [-0.2, 0) is 11.2 Å². The first kappa shape index (κ1) is 12.1. The number of carbonyl (C=O) groups excluding carboxylic acids is 1. The molecular weight excluding hydrogens is 212 g/mol. The Bertz CT molecular complexity index is 428. The van der Waals surface area contributed by atoms with Crippen molar-refractivity contribution in [3.05, 3.63) is 29.3 Å². The lowest BCUT2D eigenvalue weighted by molar-refractivity contribution is -0.116. The van der Waals surface area contributed by atoms with Crippen LogP contribution in [0.3, 0.4) is 0 Å². The summed E-state index contributed by atoms with van der Waals surface area (Å²) in [5.74, 6) is 0.586. The van der Waals surface area contributed by atoms with E-state index >= 15 is 0 Å². The number of hydrogen-bond donors (Lipinski definition) is 2. The molecule has 0 saturated carbocycles. The summed E-state index contributed by atoms with van der Waals surface area (Å²) < 4.78 is 0. The number of hydrogen-bond acceptors (Lipinski definition) is 2. The molecule has 1 amide bonds. The third-order valence-corrected chi connectivity index (χ3v) is 3.67. The van der Waals surface area contributed by atoms with Crippen molar-refractivity contribution in [3.63, 3.8) is 0 Å². The Morgan fingerprint density at radius 2 is 2.18 bits per heavy atom. The van der Waals surface area contributed by atoms with E-state index in [2.05, 4.69) is 25.2 Å². The van der Waals surface area contributed by atoms with Crippen LogP contribution in [0.1, 0.15) is 43.9 Å². The molecule has 1 aromatic carbocycles. The van der Waals surface area contributed by atoms with Crippen LogP contribution in [-0.4, -0.2) is 5.91 Å². The van der Waals surface area contributed by atoms with Gasteiger partial charge < -0.3 is 11.1 Å². The van der Waals surface area contributed by atoms with Crippen LogP contribution in [0.4, 0.5) is 5.69 Å². The number of nitrogens with one attached hydrogen (secondary N) is 1. The monoisotopic (exact) mass is 232 g/mol. The summed E-state index contributed by atoms with van der Waals surface area (Å²) in [6, 6.07) is 6.24. The first-order chi connectivity index (χ1) is 8.11. The number of fused-ring (bicyclic) bond motifs is 1. The van der Waals surface area contributed by atoms with Crippen molar-refractivity contribution in [1.29, 1.82) is 0 Å². The van der Waals surface area contributed by atoms with Crippen LogP contribution in [0, 0.1) is 5.92 Å². The number of nitrogens with two attached hydrogens (primary N) is 1. The van der Waals surface area contributed by atoms with Crippen LogP contribution in [0.15, 0.2) is 18.2 Å². The van der Waals surface area contributed by atoms with Gasteiger partial charge >= 0.3 is 0 Å². The molecule has 0 bridgehead atoms. The molecule has 0 aliphatic carbocycles. The molecule has 0 fully saturated rings. The lowest BCUT2D eigenvalue weighted by Crippen LogP contribution is -2.21. The third-order valence-electron chi connectivity index (χ3n) is 3.67. The van der Waals surface area contributed by atoms with E-state index in [0.29, 0.717) is 12.3 Å². The molecule has 0 spiro atoms. The molecule has 3 nitrogen and oxygen atoms in total. The third kappa shape index (κ3) is 2.50. The second-order valence-electron chi connectivity index (χ2n) is 4.88. The zero-order chi connectivity index (χ0) is 12.4. The van der Waals surface area contributed by atoms with Crippen LogP contribution in [0.2, 0.25) is 0 Å². The highest BCUT2D eigenvalue weighted by Gasteiger charge is 2.18. The van der Waals surface area contributed by atoms with Crippen molar-refractivity contribution in [2.45, 2.75) is 39.2 Å². The smallest absolute Gasteiger partial charge is 0.224 e. The highest BCUT2D eigenvalue weighted by Crippen LogP contribution is 2.28. The van der Waals surface area contributed by atoms with E-state index in [9.17, 15) is 4.79 Å². The quantitative estimate of drug-likeness (QED) is 0.841. The normalized spacial score (nSPS) is 18.2. The topological polar surface area (TPSA) is 55.1 Å². The van der Waals surface area contributed by atoms with E-state index in [1.54, 1.807) is 0 Å². The molecule has 2 atom stereocenters. The van der Waals surface area contributed by atoms with E-state index in [4.69, 9.17) is 5.73 Å². The minimum atomic E-state index is 0.0860. The van der Waals surface area contributed by atoms with Crippen LogP contribution in [0.5, 0.6) is 0 Å². The first-order valence-electron chi connectivity index (χ1n) is 6.30. The minimum absolute atomic E-state index is 0.0860. The Labute approximate surface area is 102 Å². The van der Waals surface area contributed by atoms with Crippen LogP contribution >= 0.6 is 0 Å². The maximum absolute atomic E-state index is 11.3. The molecule has 1 aliphatic rings. The molecule has 2 rings (SSSR count). The number of anilines is 1. The predicted octanol–water partition coefficient (Wildman–Crippen LogP) is 2.62. The fraction of sp³-hybridized carbons (Fsp3) is 0.500. The molecule has 17 heavy (non-hydrogen) atoms.